The van der Waals surface area contributed by atoms with Crippen LogP contribution in [0.15, 0.2) is 78.9 Å². The minimum atomic E-state index is -0.521. The third kappa shape index (κ3) is 5.19. The summed E-state index contributed by atoms with van der Waals surface area (Å²) in [4.78, 5) is 16.8. The Balaban J connectivity index is 1.81. The first kappa shape index (κ1) is 22.8. The lowest BCUT2D eigenvalue weighted by Gasteiger charge is -2.15. The van der Waals surface area contributed by atoms with Gasteiger partial charge in [-0.2, -0.15) is 0 Å². The van der Waals surface area contributed by atoms with Gasteiger partial charge in [0.15, 0.2) is 0 Å². The van der Waals surface area contributed by atoms with E-state index < -0.39 is 5.97 Å². The highest BCUT2D eigenvalue weighted by molar-refractivity contribution is 6.33. The van der Waals surface area contributed by atoms with Crippen molar-refractivity contribution in [1.82, 2.24) is 4.98 Å². The van der Waals surface area contributed by atoms with Crippen molar-refractivity contribution in [1.29, 1.82) is 0 Å². The van der Waals surface area contributed by atoms with Crippen molar-refractivity contribution in [3.63, 3.8) is 0 Å². The molecule has 6 heteroatoms. The van der Waals surface area contributed by atoms with E-state index in [1.165, 1.54) is 7.11 Å². The monoisotopic (exact) mass is 477 g/mol. The summed E-state index contributed by atoms with van der Waals surface area (Å²) in [6.07, 6.45) is 0. The van der Waals surface area contributed by atoms with Gasteiger partial charge in [0.05, 0.1) is 17.8 Å². The molecule has 0 aliphatic rings. The first-order chi connectivity index (χ1) is 16.0. The zero-order chi connectivity index (χ0) is 23.4. The van der Waals surface area contributed by atoms with Crippen LogP contribution in [-0.4, -0.2) is 18.1 Å². The fourth-order valence-corrected chi connectivity index (χ4v) is 3.85. The van der Waals surface area contributed by atoms with Crippen LogP contribution in [0.25, 0.3) is 22.4 Å². The van der Waals surface area contributed by atoms with Crippen molar-refractivity contribution >= 4 is 29.2 Å². The number of rotatable bonds is 6. The first-order valence-corrected chi connectivity index (χ1v) is 11.0. The fraction of sp³-hybridized carbons (Fsp3) is 0.111. The van der Waals surface area contributed by atoms with Crippen molar-refractivity contribution in [2.45, 2.75) is 13.5 Å². The maximum atomic E-state index is 12.2. The maximum Gasteiger partial charge on any atom is 0.356 e. The number of aromatic nitrogens is 1. The number of pyridine rings is 1. The Kier molecular flexibility index (Phi) is 6.97. The molecule has 0 aliphatic carbocycles. The third-order valence-corrected chi connectivity index (χ3v) is 5.79. The van der Waals surface area contributed by atoms with Gasteiger partial charge in [-0.3, -0.25) is 0 Å². The summed E-state index contributed by atoms with van der Waals surface area (Å²) < 4.78 is 10.9. The molecule has 0 atom stereocenters. The number of methoxy groups -OCH3 is 1. The van der Waals surface area contributed by atoms with E-state index in [2.05, 4.69) is 4.98 Å². The van der Waals surface area contributed by atoms with Crippen molar-refractivity contribution in [2.75, 3.05) is 7.11 Å². The third-order valence-electron chi connectivity index (χ3n) is 5.14. The van der Waals surface area contributed by atoms with Gasteiger partial charge in [-0.15, -0.1) is 0 Å². The number of hydrogen-bond acceptors (Lipinski definition) is 4. The molecule has 0 unspecified atom stereocenters. The molecule has 0 fully saturated rings. The van der Waals surface area contributed by atoms with Gasteiger partial charge in [0.1, 0.15) is 18.1 Å². The highest BCUT2D eigenvalue weighted by Crippen LogP contribution is 2.38. The van der Waals surface area contributed by atoms with Gasteiger partial charge in [-0.25, -0.2) is 9.78 Å². The summed E-state index contributed by atoms with van der Waals surface area (Å²) in [6, 6.07) is 24.5. The van der Waals surface area contributed by atoms with Crippen molar-refractivity contribution in [3.8, 4) is 28.1 Å². The van der Waals surface area contributed by atoms with Crippen molar-refractivity contribution in [2.24, 2.45) is 0 Å². The van der Waals surface area contributed by atoms with Crippen molar-refractivity contribution in [3.05, 3.63) is 106 Å². The molecule has 4 aromatic rings. The van der Waals surface area contributed by atoms with Crippen LogP contribution >= 0.6 is 23.2 Å². The van der Waals surface area contributed by atoms with E-state index in [0.29, 0.717) is 28.1 Å². The Bertz CT molecular complexity index is 1310. The molecular weight excluding hydrogens is 457 g/mol. The number of aryl methyl sites for hydroxylation is 1. The molecule has 0 saturated heterocycles. The minimum Gasteiger partial charge on any atom is -0.487 e. The standard InChI is InChI=1S/C27H21Cl2NO3/c1-17-8-11-22(28)21(14-17)20-10-13-24(27(31)32-2)30-26(20)19-9-12-23(29)25(15-19)33-16-18-6-4-3-5-7-18/h3-15H,16H2,1-2H3. The van der Waals surface area contributed by atoms with Crippen LogP contribution in [0.1, 0.15) is 21.6 Å². The molecule has 4 rings (SSSR count). The van der Waals surface area contributed by atoms with E-state index in [1.54, 1.807) is 12.1 Å². The van der Waals surface area contributed by atoms with Crippen LogP contribution in [0.4, 0.5) is 0 Å². The van der Waals surface area contributed by atoms with E-state index in [0.717, 1.165) is 27.8 Å². The van der Waals surface area contributed by atoms with Crippen LogP contribution in [0.5, 0.6) is 5.75 Å². The predicted octanol–water partition coefficient (Wildman–Crippen LogP) is 7.40. The van der Waals surface area contributed by atoms with Gasteiger partial charge in [0.25, 0.3) is 0 Å². The van der Waals surface area contributed by atoms with Gasteiger partial charge in [0.2, 0.25) is 0 Å². The maximum absolute atomic E-state index is 12.2. The fourth-order valence-electron chi connectivity index (χ4n) is 3.46. The largest absolute Gasteiger partial charge is 0.487 e. The smallest absolute Gasteiger partial charge is 0.356 e. The van der Waals surface area contributed by atoms with Crippen LogP contribution in [0.3, 0.4) is 0 Å². The second-order valence-electron chi connectivity index (χ2n) is 7.49. The highest BCUT2D eigenvalue weighted by Gasteiger charge is 2.18. The van der Waals surface area contributed by atoms with Crippen LogP contribution in [0, 0.1) is 6.92 Å². The Labute approximate surface area is 202 Å². The molecule has 1 aromatic heterocycles. The van der Waals surface area contributed by atoms with Crippen LogP contribution in [0.2, 0.25) is 10.0 Å². The Morgan fingerprint density at radius 2 is 1.64 bits per heavy atom. The molecule has 3 aromatic carbocycles. The molecule has 0 aliphatic heterocycles. The zero-order valence-electron chi connectivity index (χ0n) is 18.1. The van der Waals surface area contributed by atoms with Gasteiger partial charge in [-0.1, -0.05) is 71.2 Å². The normalized spacial score (nSPS) is 10.7. The quantitative estimate of drug-likeness (QED) is 0.271. The van der Waals surface area contributed by atoms with Gasteiger partial charge in [0, 0.05) is 21.7 Å². The number of carbonyl (C=O) groups is 1. The molecule has 166 valence electrons. The summed E-state index contributed by atoms with van der Waals surface area (Å²) in [5, 5.41) is 1.07. The lowest BCUT2D eigenvalue weighted by Crippen LogP contribution is -2.06. The summed E-state index contributed by atoms with van der Waals surface area (Å²) in [6.45, 7) is 2.36. The average molecular weight is 478 g/mol. The number of esters is 1. The molecular formula is C27H21Cl2NO3. The zero-order valence-corrected chi connectivity index (χ0v) is 19.7. The topological polar surface area (TPSA) is 48.4 Å². The van der Waals surface area contributed by atoms with Crippen LogP contribution in [-0.2, 0) is 11.3 Å². The van der Waals surface area contributed by atoms with Gasteiger partial charge in [-0.05, 0) is 48.9 Å². The van der Waals surface area contributed by atoms with Crippen molar-refractivity contribution < 1.29 is 14.3 Å². The molecule has 0 saturated carbocycles. The van der Waals surface area contributed by atoms with Gasteiger partial charge >= 0.3 is 5.97 Å². The number of ether oxygens (including phenoxy) is 2. The molecule has 0 spiro atoms. The molecule has 0 bridgehead atoms. The SMILES string of the molecule is COC(=O)c1ccc(-c2cc(C)ccc2Cl)c(-c2ccc(Cl)c(OCc3ccccc3)c2)n1. The summed E-state index contributed by atoms with van der Waals surface area (Å²) in [5.41, 5.74) is 5.19. The Morgan fingerprint density at radius 1 is 0.879 bits per heavy atom. The van der Waals surface area contributed by atoms with E-state index in [4.69, 9.17) is 32.7 Å². The van der Waals surface area contributed by atoms with Crippen LogP contribution < -0.4 is 4.74 Å². The summed E-state index contributed by atoms with van der Waals surface area (Å²) in [5.74, 6) is -0.00256. The first-order valence-electron chi connectivity index (χ1n) is 10.3. The average Bonchev–Trinajstić information content (AvgIpc) is 2.85. The molecule has 0 N–H and O–H groups in total. The molecule has 0 radical (unpaired) electrons. The predicted molar refractivity (Wildman–Crippen MR) is 132 cm³/mol. The minimum absolute atomic E-state index is 0.196. The summed E-state index contributed by atoms with van der Waals surface area (Å²) in [7, 11) is 1.33. The lowest BCUT2D eigenvalue weighted by molar-refractivity contribution is 0.0594. The van der Waals surface area contributed by atoms with E-state index in [9.17, 15) is 4.79 Å². The van der Waals surface area contributed by atoms with E-state index in [1.807, 2.05) is 73.7 Å². The number of benzene rings is 3. The molecule has 4 nitrogen and oxygen atoms in total. The lowest BCUT2D eigenvalue weighted by atomic mass is 9.97. The van der Waals surface area contributed by atoms with E-state index in [-0.39, 0.29) is 5.69 Å². The summed E-state index contributed by atoms with van der Waals surface area (Å²) >= 11 is 12.9. The number of nitrogens with zero attached hydrogens (tertiary/aromatic N) is 1. The van der Waals surface area contributed by atoms with Gasteiger partial charge < -0.3 is 9.47 Å². The molecule has 0 amide bonds. The molecule has 1 heterocycles. The highest BCUT2D eigenvalue weighted by atomic mass is 35.5. The second-order valence-corrected chi connectivity index (χ2v) is 8.30. The Morgan fingerprint density at radius 3 is 2.39 bits per heavy atom. The number of halogens is 2. The van der Waals surface area contributed by atoms with E-state index >= 15 is 0 Å². The number of hydrogen-bond donors (Lipinski definition) is 0. The number of carbonyl (C=O) groups excluding carboxylic acids is 1. The molecule has 33 heavy (non-hydrogen) atoms. The Hall–Kier alpha value is -3.34. The second kappa shape index (κ2) is 10.1.